The van der Waals surface area contributed by atoms with E-state index in [1.54, 1.807) is 6.92 Å². The number of esters is 1. The molecule has 1 aromatic carbocycles. The number of hydrogen-bond acceptors (Lipinski definition) is 4. The fraction of sp³-hybridized carbons (Fsp3) is 0.438. The highest BCUT2D eigenvalue weighted by molar-refractivity contribution is 6.11. The lowest BCUT2D eigenvalue weighted by Gasteiger charge is -2.29. The van der Waals surface area contributed by atoms with Crippen molar-refractivity contribution in [3.63, 3.8) is 0 Å². The highest BCUT2D eigenvalue weighted by atomic mass is 16.5. The topological polar surface area (TPSA) is 60.4 Å². The van der Waals surface area contributed by atoms with Crippen LogP contribution in [-0.4, -0.2) is 24.1 Å². The SMILES string of the molecule is CCOC(=O)C1C(=O)CC(=O)CC1c1ccccc1C. The fourth-order valence-corrected chi connectivity index (χ4v) is 2.78. The summed E-state index contributed by atoms with van der Waals surface area (Å²) in [6.45, 7) is 3.86. The van der Waals surface area contributed by atoms with Crippen LogP contribution in [0.1, 0.15) is 36.8 Å². The Balaban J connectivity index is 2.39. The largest absolute Gasteiger partial charge is 0.465 e. The number of ketones is 2. The summed E-state index contributed by atoms with van der Waals surface area (Å²) in [5, 5.41) is 0. The van der Waals surface area contributed by atoms with E-state index in [4.69, 9.17) is 4.74 Å². The van der Waals surface area contributed by atoms with Crippen molar-refractivity contribution in [3.05, 3.63) is 35.4 Å². The van der Waals surface area contributed by atoms with Crippen molar-refractivity contribution < 1.29 is 19.1 Å². The number of carbonyl (C=O) groups is 3. The van der Waals surface area contributed by atoms with E-state index in [0.29, 0.717) is 0 Å². The maximum Gasteiger partial charge on any atom is 0.317 e. The molecule has 2 unspecified atom stereocenters. The Morgan fingerprint density at radius 2 is 2.00 bits per heavy atom. The van der Waals surface area contributed by atoms with Crippen molar-refractivity contribution in [1.29, 1.82) is 0 Å². The predicted octanol–water partition coefficient (Wildman–Crippen LogP) is 2.19. The van der Waals surface area contributed by atoms with Gasteiger partial charge in [0.05, 0.1) is 13.0 Å². The van der Waals surface area contributed by atoms with Gasteiger partial charge in [0.25, 0.3) is 0 Å². The van der Waals surface area contributed by atoms with Crippen LogP contribution in [0.2, 0.25) is 0 Å². The van der Waals surface area contributed by atoms with Gasteiger partial charge in [0.1, 0.15) is 11.7 Å². The van der Waals surface area contributed by atoms with E-state index in [9.17, 15) is 14.4 Å². The summed E-state index contributed by atoms with van der Waals surface area (Å²) >= 11 is 0. The van der Waals surface area contributed by atoms with Crippen LogP contribution in [0.25, 0.3) is 0 Å². The van der Waals surface area contributed by atoms with E-state index in [1.165, 1.54) is 0 Å². The van der Waals surface area contributed by atoms with Gasteiger partial charge in [-0.05, 0) is 25.0 Å². The molecular weight excluding hydrogens is 256 g/mol. The Bertz CT molecular complexity index is 547. The van der Waals surface area contributed by atoms with Crippen molar-refractivity contribution >= 4 is 17.5 Å². The van der Waals surface area contributed by atoms with Gasteiger partial charge in [-0.15, -0.1) is 0 Å². The van der Waals surface area contributed by atoms with Gasteiger partial charge in [-0.3, -0.25) is 14.4 Å². The molecule has 106 valence electrons. The molecule has 0 spiro atoms. The summed E-state index contributed by atoms with van der Waals surface area (Å²) in [6, 6.07) is 7.54. The maximum atomic E-state index is 12.1. The molecule has 0 heterocycles. The van der Waals surface area contributed by atoms with Crippen molar-refractivity contribution in [2.75, 3.05) is 6.61 Å². The monoisotopic (exact) mass is 274 g/mol. The Kier molecular flexibility index (Phi) is 4.32. The minimum absolute atomic E-state index is 0.108. The van der Waals surface area contributed by atoms with Crippen LogP contribution in [0.3, 0.4) is 0 Å². The zero-order chi connectivity index (χ0) is 14.7. The number of aryl methyl sites for hydroxylation is 1. The number of ether oxygens (including phenoxy) is 1. The Labute approximate surface area is 118 Å². The van der Waals surface area contributed by atoms with E-state index in [1.807, 2.05) is 31.2 Å². The van der Waals surface area contributed by atoms with Crippen LogP contribution in [0, 0.1) is 12.8 Å². The summed E-state index contributed by atoms with van der Waals surface area (Å²) in [7, 11) is 0. The minimum atomic E-state index is -0.853. The zero-order valence-electron chi connectivity index (χ0n) is 11.7. The maximum absolute atomic E-state index is 12.1. The van der Waals surface area contributed by atoms with Gasteiger partial charge in [0.2, 0.25) is 0 Å². The van der Waals surface area contributed by atoms with Gasteiger partial charge in [-0.1, -0.05) is 24.3 Å². The van der Waals surface area contributed by atoms with E-state index in [-0.39, 0.29) is 31.0 Å². The molecule has 20 heavy (non-hydrogen) atoms. The van der Waals surface area contributed by atoms with Gasteiger partial charge in [0.15, 0.2) is 5.78 Å². The summed E-state index contributed by atoms with van der Waals surface area (Å²) in [6.07, 6.45) is 0.0614. The standard InChI is InChI=1S/C16H18O4/c1-3-20-16(19)15-13(8-11(17)9-14(15)18)12-7-5-4-6-10(12)2/h4-7,13,15H,3,8-9H2,1-2H3. The summed E-state index contributed by atoms with van der Waals surface area (Å²) < 4.78 is 5.01. The highest BCUT2D eigenvalue weighted by Gasteiger charge is 2.42. The van der Waals surface area contributed by atoms with Gasteiger partial charge in [-0.2, -0.15) is 0 Å². The molecule has 0 radical (unpaired) electrons. The summed E-state index contributed by atoms with van der Waals surface area (Å²) in [5.74, 6) is -2.20. The van der Waals surface area contributed by atoms with Crippen LogP contribution in [0.4, 0.5) is 0 Å². The van der Waals surface area contributed by atoms with Crippen LogP contribution in [0.5, 0.6) is 0 Å². The molecule has 0 aliphatic heterocycles. The van der Waals surface area contributed by atoms with Gasteiger partial charge >= 0.3 is 5.97 Å². The van der Waals surface area contributed by atoms with Crippen LogP contribution in [0.15, 0.2) is 24.3 Å². The van der Waals surface area contributed by atoms with Crippen LogP contribution in [-0.2, 0) is 19.1 Å². The van der Waals surface area contributed by atoms with Crippen LogP contribution >= 0.6 is 0 Å². The first-order chi connectivity index (χ1) is 9.54. The molecule has 1 aromatic rings. The van der Waals surface area contributed by atoms with Gasteiger partial charge in [-0.25, -0.2) is 0 Å². The van der Waals surface area contributed by atoms with Crippen LogP contribution < -0.4 is 0 Å². The molecule has 1 saturated carbocycles. The number of carbonyl (C=O) groups excluding carboxylic acids is 3. The lowest BCUT2D eigenvalue weighted by atomic mass is 9.73. The van der Waals surface area contributed by atoms with Gasteiger partial charge < -0.3 is 4.74 Å². The normalized spacial score (nSPS) is 22.7. The second kappa shape index (κ2) is 5.99. The molecule has 2 atom stereocenters. The van der Waals surface area contributed by atoms with Crippen molar-refractivity contribution in [2.45, 2.75) is 32.6 Å². The summed E-state index contributed by atoms with van der Waals surface area (Å²) in [4.78, 5) is 35.9. The lowest BCUT2D eigenvalue weighted by molar-refractivity contribution is -0.154. The van der Waals surface area contributed by atoms with E-state index < -0.39 is 17.8 Å². The van der Waals surface area contributed by atoms with Crippen molar-refractivity contribution in [1.82, 2.24) is 0 Å². The Morgan fingerprint density at radius 3 is 2.65 bits per heavy atom. The van der Waals surface area contributed by atoms with E-state index in [2.05, 4.69) is 0 Å². The Hall–Kier alpha value is -1.97. The molecule has 1 fully saturated rings. The first-order valence-electron chi connectivity index (χ1n) is 6.81. The number of rotatable bonds is 3. The first-order valence-corrected chi connectivity index (χ1v) is 6.81. The smallest absolute Gasteiger partial charge is 0.317 e. The molecule has 4 heteroatoms. The lowest BCUT2D eigenvalue weighted by Crippen LogP contribution is -2.38. The third kappa shape index (κ3) is 2.79. The van der Waals surface area contributed by atoms with Crippen molar-refractivity contribution in [3.8, 4) is 0 Å². The zero-order valence-corrected chi connectivity index (χ0v) is 11.7. The van der Waals surface area contributed by atoms with Gasteiger partial charge in [0, 0.05) is 12.3 Å². The third-order valence-electron chi connectivity index (χ3n) is 3.70. The molecule has 0 aromatic heterocycles. The third-order valence-corrected chi connectivity index (χ3v) is 3.70. The summed E-state index contributed by atoms with van der Waals surface area (Å²) in [5.41, 5.74) is 1.86. The molecule has 1 aliphatic carbocycles. The Morgan fingerprint density at radius 1 is 1.30 bits per heavy atom. The quantitative estimate of drug-likeness (QED) is 0.626. The van der Waals surface area contributed by atoms with Crippen molar-refractivity contribution in [2.24, 2.45) is 5.92 Å². The fourth-order valence-electron chi connectivity index (χ4n) is 2.78. The molecule has 4 nitrogen and oxygen atoms in total. The average Bonchev–Trinajstić information content (AvgIpc) is 2.38. The first kappa shape index (κ1) is 14.4. The number of benzene rings is 1. The van der Waals surface area contributed by atoms with E-state index >= 15 is 0 Å². The second-order valence-electron chi connectivity index (χ2n) is 5.08. The molecule has 1 aliphatic rings. The molecule has 0 saturated heterocycles. The molecule has 0 bridgehead atoms. The molecule has 0 amide bonds. The second-order valence-corrected chi connectivity index (χ2v) is 5.08. The molecule has 2 rings (SSSR count). The number of Topliss-reactive ketones (excluding diaryl/α,β-unsaturated/α-hetero) is 2. The highest BCUT2D eigenvalue weighted by Crippen LogP contribution is 2.36. The van der Waals surface area contributed by atoms with E-state index in [0.717, 1.165) is 11.1 Å². The molecule has 0 N–H and O–H groups in total. The minimum Gasteiger partial charge on any atom is -0.465 e. The molecular formula is C16H18O4. The number of hydrogen-bond donors (Lipinski definition) is 0. The average molecular weight is 274 g/mol. The predicted molar refractivity (Wildman–Crippen MR) is 73.3 cm³/mol.